The Morgan fingerprint density at radius 1 is 0.882 bits per heavy atom. The maximum Gasteiger partial charge on any atom is 0.240 e. The number of aromatic nitrogens is 3. The summed E-state index contributed by atoms with van der Waals surface area (Å²) in [5.74, 6) is 0.859. The summed E-state index contributed by atoms with van der Waals surface area (Å²) in [6.07, 6.45) is 0. The fourth-order valence-corrected chi connectivity index (χ4v) is 5.40. The van der Waals surface area contributed by atoms with Crippen LogP contribution in [0.5, 0.6) is 0 Å². The first-order valence-electron chi connectivity index (χ1n) is 11.6. The highest BCUT2D eigenvalue weighted by atomic mass is 32.2. The average Bonchev–Trinajstić information content (AvgIpc) is 3.32. The van der Waals surface area contributed by atoms with E-state index in [-0.39, 0.29) is 5.91 Å². The number of amides is 1. The highest BCUT2D eigenvalue weighted by molar-refractivity contribution is 8.00. The predicted octanol–water partition coefficient (Wildman–Crippen LogP) is 3.10. The molecule has 1 aromatic heterocycles. The lowest BCUT2D eigenvalue weighted by Crippen LogP contribution is -2.42. The van der Waals surface area contributed by atoms with Gasteiger partial charge in [0.15, 0.2) is 5.16 Å². The summed E-state index contributed by atoms with van der Waals surface area (Å²) in [6, 6.07) is 18.1. The molecule has 3 heterocycles. The number of hydrogen-bond donors (Lipinski definition) is 0. The second kappa shape index (κ2) is 10.6. The monoisotopic (exact) mass is 479 g/mol. The highest BCUT2D eigenvalue weighted by Gasteiger charge is 2.31. The molecule has 0 unspecified atom stereocenters. The van der Waals surface area contributed by atoms with Crippen molar-refractivity contribution in [2.45, 2.75) is 17.3 Å². The Morgan fingerprint density at radius 3 is 2.24 bits per heavy atom. The van der Waals surface area contributed by atoms with E-state index in [9.17, 15) is 4.79 Å². The number of benzene rings is 2. The fourth-order valence-electron chi connectivity index (χ4n) is 4.28. The predicted molar refractivity (Wildman–Crippen MR) is 132 cm³/mol. The standard InChI is InChI=1S/C25H29N5O3S/c1-19-7-5-6-10-21(19)30-24(29-13-17-33-18-14-29)26-27-25(30)34-22(20-8-3-2-4-9-20)23(31)28-11-15-32-16-12-28/h2-10,22H,11-18H2,1H3/t22-/m0/s1. The van der Waals surface area contributed by atoms with Crippen LogP contribution < -0.4 is 4.90 Å². The third-order valence-corrected chi connectivity index (χ3v) is 7.32. The molecule has 3 aromatic rings. The molecule has 5 rings (SSSR count). The topological polar surface area (TPSA) is 72.7 Å². The van der Waals surface area contributed by atoms with Crippen molar-refractivity contribution in [2.75, 3.05) is 57.5 Å². The van der Waals surface area contributed by atoms with Gasteiger partial charge in [-0.05, 0) is 24.1 Å². The summed E-state index contributed by atoms with van der Waals surface area (Å²) >= 11 is 1.46. The summed E-state index contributed by atoms with van der Waals surface area (Å²) in [7, 11) is 0. The van der Waals surface area contributed by atoms with Crippen LogP contribution in [0.15, 0.2) is 59.8 Å². The molecule has 0 saturated carbocycles. The molecule has 9 heteroatoms. The van der Waals surface area contributed by atoms with Crippen molar-refractivity contribution >= 4 is 23.6 Å². The van der Waals surface area contributed by atoms with Crippen molar-refractivity contribution in [3.05, 3.63) is 65.7 Å². The van der Waals surface area contributed by atoms with Crippen LogP contribution in [0, 0.1) is 6.92 Å². The third kappa shape index (κ3) is 4.82. The minimum atomic E-state index is -0.427. The Labute approximate surface area is 203 Å². The minimum absolute atomic E-state index is 0.0757. The summed E-state index contributed by atoms with van der Waals surface area (Å²) in [5.41, 5.74) is 3.09. The number of thioether (sulfide) groups is 1. The Balaban J connectivity index is 1.55. The number of nitrogens with zero attached hydrogens (tertiary/aromatic N) is 5. The number of carbonyl (C=O) groups is 1. The van der Waals surface area contributed by atoms with Gasteiger partial charge in [0.25, 0.3) is 0 Å². The molecule has 8 nitrogen and oxygen atoms in total. The molecule has 2 aliphatic rings. The number of aryl methyl sites for hydroxylation is 1. The van der Waals surface area contributed by atoms with E-state index in [0.29, 0.717) is 44.7 Å². The first kappa shape index (κ1) is 22.9. The van der Waals surface area contributed by atoms with E-state index in [1.54, 1.807) is 0 Å². The van der Waals surface area contributed by atoms with Gasteiger partial charge in [0, 0.05) is 26.2 Å². The van der Waals surface area contributed by atoms with E-state index in [1.807, 2.05) is 47.4 Å². The van der Waals surface area contributed by atoms with Gasteiger partial charge in [0.1, 0.15) is 5.25 Å². The smallest absolute Gasteiger partial charge is 0.240 e. The summed E-state index contributed by atoms with van der Waals surface area (Å²) < 4.78 is 13.1. The SMILES string of the molecule is Cc1ccccc1-n1c(S[C@H](C(=O)N2CCOCC2)c2ccccc2)nnc1N1CCOCC1. The number of anilines is 1. The lowest BCUT2D eigenvalue weighted by atomic mass is 10.1. The van der Waals surface area contributed by atoms with E-state index >= 15 is 0 Å². The van der Waals surface area contributed by atoms with Crippen LogP contribution in [-0.4, -0.2) is 78.2 Å². The molecule has 34 heavy (non-hydrogen) atoms. The summed E-state index contributed by atoms with van der Waals surface area (Å²) in [5, 5.41) is 9.47. The van der Waals surface area contributed by atoms with Crippen LogP contribution in [-0.2, 0) is 14.3 Å². The van der Waals surface area contributed by atoms with Gasteiger partial charge in [-0.15, -0.1) is 10.2 Å². The third-order valence-electron chi connectivity index (χ3n) is 6.14. The molecule has 2 saturated heterocycles. The number of carbonyl (C=O) groups excluding carboxylic acids is 1. The van der Waals surface area contributed by atoms with Gasteiger partial charge in [-0.25, -0.2) is 0 Å². The lowest BCUT2D eigenvalue weighted by Gasteiger charge is -2.30. The highest BCUT2D eigenvalue weighted by Crippen LogP contribution is 2.39. The van der Waals surface area contributed by atoms with Crippen LogP contribution in [0.1, 0.15) is 16.4 Å². The van der Waals surface area contributed by atoms with Gasteiger partial charge in [0.05, 0.1) is 32.1 Å². The van der Waals surface area contributed by atoms with Crippen LogP contribution in [0.25, 0.3) is 5.69 Å². The zero-order chi connectivity index (χ0) is 23.3. The van der Waals surface area contributed by atoms with Crippen LogP contribution in [0.4, 0.5) is 5.95 Å². The van der Waals surface area contributed by atoms with Crippen LogP contribution >= 0.6 is 11.8 Å². The number of hydrogen-bond acceptors (Lipinski definition) is 7. The molecular formula is C25H29N5O3S. The van der Waals surface area contributed by atoms with Crippen molar-refractivity contribution in [1.29, 1.82) is 0 Å². The molecule has 0 bridgehead atoms. The first-order valence-corrected chi connectivity index (χ1v) is 12.5. The van der Waals surface area contributed by atoms with Gasteiger partial charge in [-0.1, -0.05) is 60.3 Å². The van der Waals surface area contributed by atoms with E-state index in [2.05, 4.69) is 38.7 Å². The molecule has 0 aliphatic carbocycles. The quantitative estimate of drug-likeness (QED) is 0.503. The number of rotatable bonds is 6. The van der Waals surface area contributed by atoms with Gasteiger partial charge in [0.2, 0.25) is 11.9 Å². The van der Waals surface area contributed by atoms with E-state index in [1.165, 1.54) is 11.8 Å². The molecule has 178 valence electrons. The second-order valence-corrected chi connectivity index (χ2v) is 9.42. The molecule has 0 N–H and O–H groups in total. The zero-order valence-electron chi connectivity index (χ0n) is 19.3. The number of ether oxygens (including phenoxy) is 2. The first-order chi connectivity index (χ1) is 16.7. The molecule has 1 atom stereocenters. The Hall–Kier alpha value is -2.88. The fraction of sp³-hybridized carbons (Fsp3) is 0.400. The molecular weight excluding hydrogens is 450 g/mol. The van der Waals surface area contributed by atoms with Crippen molar-refractivity contribution in [3.8, 4) is 5.69 Å². The molecule has 2 aromatic carbocycles. The Bertz CT molecular complexity index is 1110. The summed E-state index contributed by atoms with van der Waals surface area (Å²) in [6.45, 7) is 7.25. The van der Waals surface area contributed by atoms with Crippen LogP contribution in [0.2, 0.25) is 0 Å². The molecule has 1 amide bonds. The normalized spacial score (nSPS) is 17.6. The van der Waals surface area contributed by atoms with Crippen molar-refractivity contribution < 1.29 is 14.3 Å². The van der Waals surface area contributed by atoms with E-state index in [4.69, 9.17) is 9.47 Å². The zero-order valence-corrected chi connectivity index (χ0v) is 20.1. The molecule has 2 aliphatic heterocycles. The molecule has 0 spiro atoms. The Kier molecular flexibility index (Phi) is 7.13. The molecule has 0 radical (unpaired) electrons. The maximum absolute atomic E-state index is 13.7. The maximum atomic E-state index is 13.7. The average molecular weight is 480 g/mol. The van der Waals surface area contributed by atoms with Crippen LogP contribution in [0.3, 0.4) is 0 Å². The van der Waals surface area contributed by atoms with Crippen molar-refractivity contribution in [3.63, 3.8) is 0 Å². The van der Waals surface area contributed by atoms with Crippen molar-refractivity contribution in [2.24, 2.45) is 0 Å². The van der Waals surface area contributed by atoms with Gasteiger partial charge in [-0.2, -0.15) is 0 Å². The van der Waals surface area contributed by atoms with E-state index in [0.717, 1.165) is 35.9 Å². The minimum Gasteiger partial charge on any atom is -0.378 e. The van der Waals surface area contributed by atoms with E-state index < -0.39 is 5.25 Å². The van der Waals surface area contributed by atoms with Crippen molar-refractivity contribution in [1.82, 2.24) is 19.7 Å². The lowest BCUT2D eigenvalue weighted by molar-refractivity contribution is -0.134. The number of morpholine rings is 2. The van der Waals surface area contributed by atoms with Gasteiger partial charge in [-0.3, -0.25) is 9.36 Å². The summed E-state index contributed by atoms with van der Waals surface area (Å²) in [4.78, 5) is 17.8. The molecule has 2 fully saturated rings. The second-order valence-electron chi connectivity index (χ2n) is 8.35. The number of para-hydroxylation sites is 1. The van der Waals surface area contributed by atoms with Gasteiger partial charge < -0.3 is 19.3 Å². The Morgan fingerprint density at radius 2 is 1.53 bits per heavy atom. The van der Waals surface area contributed by atoms with Gasteiger partial charge >= 0.3 is 0 Å². The largest absolute Gasteiger partial charge is 0.378 e.